The molecule has 5 nitrogen and oxygen atoms in total. The number of aliphatic hydroxyl groups is 1. The molecule has 1 atom stereocenters. The van der Waals surface area contributed by atoms with Crippen LogP contribution in [0.3, 0.4) is 0 Å². The molecular formula is C56H108O5. The maximum absolute atomic E-state index is 12.3. The van der Waals surface area contributed by atoms with Crippen molar-refractivity contribution in [3.63, 3.8) is 0 Å². The predicted molar refractivity (Wildman–Crippen MR) is 265 cm³/mol. The molecule has 61 heavy (non-hydrogen) atoms. The molecule has 0 aliphatic carbocycles. The normalized spacial score (nSPS) is 12.1. The average Bonchev–Trinajstić information content (AvgIpc) is 3.26. The van der Waals surface area contributed by atoms with Gasteiger partial charge in [0.2, 0.25) is 0 Å². The summed E-state index contributed by atoms with van der Waals surface area (Å²) in [6.45, 7) is 4.18. The van der Waals surface area contributed by atoms with Crippen molar-refractivity contribution in [2.75, 3.05) is 13.2 Å². The van der Waals surface area contributed by atoms with Crippen LogP contribution in [0, 0.1) is 0 Å². The van der Waals surface area contributed by atoms with Gasteiger partial charge in [0.1, 0.15) is 6.61 Å². The molecule has 0 fully saturated rings. The van der Waals surface area contributed by atoms with Crippen molar-refractivity contribution in [2.45, 2.75) is 322 Å². The van der Waals surface area contributed by atoms with Crippen molar-refractivity contribution in [1.29, 1.82) is 0 Å². The summed E-state index contributed by atoms with van der Waals surface area (Å²) >= 11 is 0. The van der Waals surface area contributed by atoms with Crippen molar-refractivity contribution < 1.29 is 24.2 Å². The summed E-state index contributed by atoms with van der Waals surface area (Å²) in [5, 5.41) is 9.63. The summed E-state index contributed by atoms with van der Waals surface area (Å²) in [5.41, 5.74) is 0. The van der Waals surface area contributed by atoms with Gasteiger partial charge in [-0.05, 0) is 38.5 Å². The van der Waals surface area contributed by atoms with E-state index < -0.39 is 6.10 Å². The van der Waals surface area contributed by atoms with Crippen LogP contribution in [-0.4, -0.2) is 36.4 Å². The zero-order valence-electron chi connectivity index (χ0n) is 41.5. The Morgan fingerprint density at radius 1 is 0.361 bits per heavy atom. The van der Waals surface area contributed by atoms with Gasteiger partial charge in [0.15, 0.2) is 6.10 Å². The van der Waals surface area contributed by atoms with Crippen LogP contribution in [0.4, 0.5) is 0 Å². The van der Waals surface area contributed by atoms with Crippen LogP contribution in [-0.2, 0) is 19.1 Å². The number of hydrogen-bond acceptors (Lipinski definition) is 5. The molecule has 0 aromatic rings. The van der Waals surface area contributed by atoms with Crippen LogP contribution in [0.2, 0.25) is 0 Å². The van der Waals surface area contributed by atoms with Gasteiger partial charge in [-0.3, -0.25) is 9.59 Å². The number of carbonyl (C=O) groups is 2. The minimum Gasteiger partial charge on any atom is -0.462 e. The molecule has 0 spiro atoms. The molecule has 0 saturated heterocycles. The Morgan fingerprint density at radius 2 is 0.607 bits per heavy atom. The second-order valence-corrected chi connectivity index (χ2v) is 19.0. The summed E-state index contributed by atoms with van der Waals surface area (Å²) in [6, 6.07) is 0. The molecule has 0 heterocycles. The van der Waals surface area contributed by atoms with Crippen LogP contribution in [0.1, 0.15) is 316 Å². The van der Waals surface area contributed by atoms with Gasteiger partial charge in [-0.15, -0.1) is 0 Å². The summed E-state index contributed by atoms with van der Waals surface area (Å²) in [4.78, 5) is 24.5. The summed E-state index contributed by atoms with van der Waals surface area (Å²) < 4.78 is 10.7. The first-order valence-electron chi connectivity index (χ1n) is 27.7. The van der Waals surface area contributed by atoms with Gasteiger partial charge < -0.3 is 14.6 Å². The first kappa shape index (κ1) is 59.6. The highest BCUT2D eigenvalue weighted by atomic mass is 16.6. The maximum atomic E-state index is 12.3. The van der Waals surface area contributed by atoms with Crippen LogP contribution in [0.5, 0.6) is 0 Å². The highest BCUT2D eigenvalue weighted by Crippen LogP contribution is 2.18. The van der Waals surface area contributed by atoms with Crippen LogP contribution >= 0.6 is 0 Å². The van der Waals surface area contributed by atoms with E-state index in [9.17, 15) is 14.7 Å². The van der Waals surface area contributed by atoms with Crippen LogP contribution in [0.15, 0.2) is 12.2 Å². The molecule has 0 aromatic carbocycles. The Hall–Kier alpha value is -1.36. The number of unbranched alkanes of at least 4 members (excludes halogenated alkanes) is 42. The average molecular weight is 861 g/mol. The lowest BCUT2D eigenvalue weighted by atomic mass is 10.0. The number of ether oxygens (including phenoxy) is 2. The molecule has 362 valence electrons. The molecule has 1 N–H and O–H groups in total. The Morgan fingerprint density at radius 3 is 0.885 bits per heavy atom. The van der Waals surface area contributed by atoms with Crippen LogP contribution < -0.4 is 0 Å². The molecule has 0 radical (unpaired) electrons. The van der Waals surface area contributed by atoms with Gasteiger partial charge in [0.05, 0.1) is 6.61 Å². The Kier molecular flexibility index (Phi) is 51.8. The van der Waals surface area contributed by atoms with Crippen molar-refractivity contribution in [3.8, 4) is 0 Å². The van der Waals surface area contributed by atoms with E-state index in [4.69, 9.17) is 9.47 Å². The molecule has 0 aromatic heterocycles. The third-order valence-electron chi connectivity index (χ3n) is 12.8. The molecule has 0 amide bonds. The summed E-state index contributed by atoms with van der Waals surface area (Å²) in [5.74, 6) is -0.576. The largest absolute Gasteiger partial charge is 0.462 e. The van der Waals surface area contributed by atoms with E-state index in [2.05, 4.69) is 26.0 Å². The number of allylic oxidation sites excluding steroid dienone is 2. The Bertz CT molecular complexity index is 886. The molecule has 0 bridgehead atoms. The maximum Gasteiger partial charge on any atom is 0.306 e. The fourth-order valence-corrected chi connectivity index (χ4v) is 8.61. The number of rotatable bonds is 52. The van der Waals surface area contributed by atoms with E-state index in [0.29, 0.717) is 12.8 Å². The second kappa shape index (κ2) is 53.0. The first-order chi connectivity index (χ1) is 30.1. The molecule has 0 aliphatic rings. The van der Waals surface area contributed by atoms with Gasteiger partial charge >= 0.3 is 11.9 Å². The van der Waals surface area contributed by atoms with Crippen molar-refractivity contribution in [3.05, 3.63) is 12.2 Å². The number of aliphatic hydroxyl groups excluding tert-OH is 1. The third kappa shape index (κ3) is 51.2. The molecule has 1 unspecified atom stereocenters. The zero-order valence-corrected chi connectivity index (χ0v) is 41.5. The van der Waals surface area contributed by atoms with Gasteiger partial charge in [-0.25, -0.2) is 0 Å². The molecular weight excluding hydrogens is 753 g/mol. The topological polar surface area (TPSA) is 72.8 Å². The standard InChI is InChI=1S/C56H108O5/c1-3-5-7-9-11-13-15-17-19-21-22-23-24-25-26-27-28-29-30-31-32-33-35-36-38-40-42-44-46-48-50-55(58)60-53-54(52-57)61-56(59)51-49-47-45-43-41-39-37-34-20-18-16-14-12-10-8-6-4-2/h18,20,54,57H,3-17,19,21-53H2,1-2H3/b20-18-. The molecule has 0 saturated carbocycles. The van der Waals surface area contributed by atoms with E-state index >= 15 is 0 Å². The second-order valence-electron chi connectivity index (χ2n) is 19.0. The quantitative estimate of drug-likeness (QED) is 0.0375. The highest BCUT2D eigenvalue weighted by Gasteiger charge is 2.16. The monoisotopic (exact) mass is 861 g/mol. The number of esters is 2. The lowest BCUT2D eigenvalue weighted by Crippen LogP contribution is -2.28. The molecule has 0 aliphatic heterocycles. The van der Waals surface area contributed by atoms with E-state index in [-0.39, 0.29) is 25.2 Å². The fourth-order valence-electron chi connectivity index (χ4n) is 8.61. The highest BCUT2D eigenvalue weighted by molar-refractivity contribution is 5.70. The number of carbonyl (C=O) groups excluding carboxylic acids is 2. The Balaban J connectivity index is 3.39. The Labute approximate surface area is 381 Å². The predicted octanol–water partition coefficient (Wildman–Crippen LogP) is 18.4. The first-order valence-corrected chi connectivity index (χ1v) is 27.7. The number of hydrogen-bond donors (Lipinski definition) is 1. The van der Waals surface area contributed by atoms with E-state index in [1.165, 1.54) is 257 Å². The van der Waals surface area contributed by atoms with Crippen molar-refractivity contribution in [2.24, 2.45) is 0 Å². The minimum atomic E-state index is -0.769. The van der Waals surface area contributed by atoms with Gasteiger partial charge in [-0.1, -0.05) is 276 Å². The van der Waals surface area contributed by atoms with Gasteiger partial charge in [-0.2, -0.15) is 0 Å². The van der Waals surface area contributed by atoms with Crippen molar-refractivity contribution >= 4 is 11.9 Å². The lowest BCUT2D eigenvalue weighted by molar-refractivity contribution is -0.161. The molecule has 5 heteroatoms. The SMILES string of the molecule is CCCCCCCC/C=C\CCCCCCCCCC(=O)OC(CO)COC(=O)CCCCCCCCCCCCCCCCCCCCCCCCCCCCCCCC. The fraction of sp³-hybridized carbons (Fsp3) is 0.929. The lowest BCUT2D eigenvalue weighted by Gasteiger charge is -2.15. The van der Waals surface area contributed by atoms with Crippen molar-refractivity contribution in [1.82, 2.24) is 0 Å². The van der Waals surface area contributed by atoms with E-state index in [1.54, 1.807) is 0 Å². The minimum absolute atomic E-state index is 0.0606. The smallest absolute Gasteiger partial charge is 0.306 e. The van der Waals surface area contributed by atoms with Gasteiger partial charge in [0, 0.05) is 12.8 Å². The summed E-state index contributed by atoms with van der Waals surface area (Å²) in [7, 11) is 0. The molecule has 0 rings (SSSR count). The summed E-state index contributed by atoms with van der Waals surface area (Å²) in [6.07, 6.45) is 64.8. The van der Waals surface area contributed by atoms with Crippen LogP contribution in [0.25, 0.3) is 0 Å². The third-order valence-corrected chi connectivity index (χ3v) is 12.8. The van der Waals surface area contributed by atoms with Gasteiger partial charge in [0.25, 0.3) is 0 Å². The van der Waals surface area contributed by atoms with E-state index in [0.717, 1.165) is 32.1 Å². The van der Waals surface area contributed by atoms with E-state index in [1.807, 2.05) is 0 Å². The zero-order chi connectivity index (χ0) is 44.2.